The van der Waals surface area contributed by atoms with Crippen LogP contribution in [0.25, 0.3) is 0 Å². The van der Waals surface area contributed by atoms with Crippen molar-refractivity contribution in [3.63, 3.8) is 0 Å². The van der Waals surface area contributed by atoms with Gasteiger partial charge >= 0.3 is 0 Å². The first-order valence-corrected chi connectivity index (χ1v) is 6.91. The minimum atomic E-state index is 0.388. The molecule has 2 nitrogen and oxygen atoms in total. The summed E-state index contributed by atoms with van der Waals surface area (Å²) < 4.78 is 5.75. The minimum Gasteiger partial charge on any atom is -0.466 e. The van der Waals surface area contributed by atoms with Crippen molar-refractivity contribution >= 4 is 0 Å². The number of allylic oxidation sites excluding steroid dienone is 1. The Hall–Kier alpha value is -1.02. The molecule has 0 aliphatic heterocycles. The summed E-state index contributed by atoms with van der Waals surface area (Å²) in [4.78, 5) is 0. The van der Waals surface area contributed by atoms with Gasteiger partial charge in [0.15, 0.2) is 0 Å². The first-order valence-electron chi connectivity index (χ1n) is 6.91. The predicted octanol–water partition coefficient (Wildman–Crippen LogP) is 4.60. The average molecular weight is 249 g/mol. The Labute approximate surface area is 111 Å². The van der Waals surface area contributed by atoms with Gasteiger partial charge in [0.05, 0.1) is 0 Å². The maximum atomic E-state index is 5.75. The quantitative estimate of drug-likeness (QED) is 0.714. The van der Waals surface area contributed by atoms with E-state index in [-0.39, 0.29) is 0 Å². The Morgan fingerprint density at radius 2 is 1.94 bits per heavy atom. The Bertz CT molecular complexity index is 403. The van der Waals surface area contributed by atoms with Gasteiger partial charge in [-0.25, -0.2) is 0 Å². The fourth-order valence-electron chi connectivity index (χ4n) is 2.38. The predicted molar refractivity (Wildman–Crippen MR) is 78.0 cm³/mol. The minimum absolute atomic E-state index is 0.388. The van der Waals surface area contributed by atoms with E-state index < -0.39 is 0 Å². The van der Waals surface area contributed by atoms with Crippen molar-refractivity contribution in [3.8, 4) is 0 Å². The highest BCUT2D eigenvalue weighted by Crippen LogP contribution is 2.30. The maximum absolute atomic E-state index is 5.75. The van der Waals surface area contributed by atoms with Crippen LogP contribution in [0.15, 0.2) is 16.6 Å². The van der Waals surface area contributed by atoms with Gasteiger partial charge in [0.25, 0.3) is 0 Å². The highest BCUT2D eigenvalue weighted by Gasteiger charge is 2.20. The zero-order valence-corrected chi connectivity index (χ0v) is 12.5. The van der Waals surface area contributed by atoms with Crippen LogP contribution in [-0.4, -0.2) is 6.54 Å². The molecule has 0 aliphatic carbocycles. The first kappa shape index (κ1) is 15.0. The van der Waals surface area contributed by atoms with E-state index in [0.717, 1.165) is 37.3 Å². The molecular formula is C16H27NO. The summed E-state index contributed by atoms with van der Waals surface area (Å²) in [6.45, 7) is 15.6. The van der Waals surface area contributed by atoms with E-state index in [2.05, 4.69) is 39.6 Å². The number of aryl methyl sites for hydroxylation is 2. The summed E-state index contributed by atoms with van der Waals surface area (Å²) in [6.07, 6.45) is 3.30. The molecule has 0 aliphatic rings. The molecule has 0 aromatic carbocycles. The lowest BCUT2D eigenvalue weighted by Crippen LogP contribution is -2.23. The molecule has 0 fully saturated rings. The molecule has 1 aromatic heterocycles. The largest absolute Gasteiger partial charge is 0.466 e. The second-order valence-corrected chi connectivity index (χ2v) is 5.26. The molecule has 0 amide bonds. The van der Waals surface area contributed by atoms with Crippen LogP contribution in [-0.2, 0) is 0 Å². The SMILES string of the molecule is C=C(C)CCC(NCCC)c1c(C)oc(C)c1C. The topological polar surface area (TPSA) is 25.2 Å². The molecule has 1 unspecified atom stereocenters. The van der Waals surface area contributed by atoms with Crippen LogP contribution in [0.4, 0.5) is 0 Å². The van der Waals surface area contributed by atoms with Crippen molar-refractivity contribution < 1.29 is 4.42 Å². The van der Waals surface area contributed by atoms with Gasteiger partial charge in [0, 0.05) is 11.6 Å². The Morgan fingerprint density at radius 1 is 1.28 bits per heavy atom. The van der Waals surface area contributed by atoms with Crippen molar-refractivity contribution in [3.05, 3.63) is 34.8 Å². The Morgan fingerprint density at radius 3 is 2.39 bits per heavy atom. The summed E-state index contributed by atoms with van der Waals surface area (Å²) in [5.41, 5.74) is 3.89. The van der Waals surface area contributed by atoms with Gasteiger partial charge in [-0.3, -0.25) is 0 Å². The smallest absolute Gasteiger partial charge is 0.106 e. The molecule has 1 rings (SSSR count). The molecule has 0 saturated carbocycles. The molecule has 18 heavy (non-hydrogen) atoms. The van der Waals surface area contributed by atoms with E-state index in [9.17, 15) is 0 Å². The van der Waals surface area contributed by atoms with Gasteiger partial charge in [-0.1, -0.05) is 12.5 Å². The lowest BCUT2D eigenvalue weighted by atomic mass is 9.96. The maximum Gasteiger partial charge on any atom is 0.106 e. The summed E-state index contributed by atoms with van der Waals surface area (Å²) in [5.74, 6) is 2.10. The normalized spacial score (nSPS) is 12.7. The highest BCUT2D eigenvalue weighted by molar-refractivity contribution is 5.34. The van der Waals surface area contributed by atoms with Crippen LogP contribution in [0.2, 0.25) is 0 Å². The van der Waals surface area contributed by atoms with Gasteiger partial charge in [-0.2, -0.15) is 0 Å². The van der Waals surface area contributed by atoms with E-state index in [1.54, 1.807) is 0 Å². The lowest BCUT2D eigenvalue weighted by molar-refractivity contribution is 0.468. The monoisotopic (exact) mass is 249 g/mol. The van der Waals surface area contributed by atoms with Crippen molar-refractivity contribution in [1.82, 2.24) is 5.32 Å². The lowest BCUT2D eigenvalue weighted by Gasteiger charge is -2.19. The van der Waals surface area contributed by atoms with E-state index >= 15 is 0 Å². The molecule has 0 bridgehead atoms. The van der Waals surface area contributed by atoms with Gasteiger partial charge in [0.2, 0.25) is 0 Å². The molecule has 0 saturated heterocycles. The third kappa shape index (κ3) is 3.74. The number of furan rings is 1. The van der Waals surface area contributed by atoms with Crippen LogP contribution in [0.5, 0.6) is 0 Å². The van der Waals surface area contributed by atoms with Crippen molar-refractivity contribution in [1.29, 1.82) is 0 Å². The molecule has 1 N–H and O–H groups in total. The van der Waals surface area contributed by atoms with Crippen LogP contribution in [0.1, 0.15) is 61.8 Å². The number of nitrogens with one attached hydrogen (secondary N) is 1. The zero-order chi connectivity index (χ0) is 13.7. The molecule has 1 aromatic rings. The Balaban J connectivity index is 2.89. The second-order valence-electron chi connectivity index (χ2n) is 5.26. The summed E-state index contributed by atoms with van der Waals surface area (Å²) in [6, 6.07) is 0.388. The molecule has 1 atom stereocenters. The van der Waals surface area contributed by atoms with Crippen LogP contribution < -0.4 is 5.32 Å². The summed E-state index contributed by atoms with van der Waals surface area (Å²) in [5, 5.41) is 3.63. The molecule has 0 radical (unpaired) electrons. The second kappa shape index (κ2) is 6.79. The molecule has 1 heterocycles. The third-order valence-electron chi connectivity index (χ3n) is 3.47. The molecular weight excluding hydrogens is 222 g/mol. The molecule has 2 heteroatoms. The first-order chi connectivity index (χ1) is 8.47. The van der Waals surface area contributed by atoms with Gasteiger partial charge in [0.1, 0.15) is 11.5 Å². The van der Waals surface area contributed by atoms with Crippen molar-refractivity contribution in [2.45, 2.75) is 59.9 Å². The third-order valence-corrected chi connectivity index (χ3v) is 3.47. The zero-order valence-electron chi connectivity index (χ0n) is 12.5. The average Bonchev–Trinajstić information content (AvgIpc) is 2.54. The standard InChI is InChI=1S/C16H27NO/c1-7-10-17-15(9-8-11(2)3)16-12(4)13(5)18-14(16)6/h15,17H,2,7-10H2,1,3-6H3. The Kier molecular flexibility index (Phi) is 5.67. The number of hydrogen-bond acceptors (Lipinski definition) is 2. The number of rotatable bonds is 7. The summed E-state index contributed by atoms with van der Waals surface area (Å²) >= 11 is 0. The van der Waals surface area contributed by atoms with Gasteiger partial charge < -0.3 is 9.73 Å². The van der Waals surface area contributed by atoms with Gasteiger partial charge in [-0.05, 0) is 59.1 Å². The van der Waals surface area contributed by atoms with Crippen molar-refractivity contribution in [2.75, 3.05) is 6.54 Å². The number of hydrogen-bond donors (Lipinski definition) is 1. The molecule has 102 valence electrons. The van der Waals surface area contributed by atoms with E-state index in [0.29, 0.717) is 6.04 Å². The van der Waals surface area contributed by atoms with Gasteiger partial charge in [-0.15, -0.1) is 6.58 Å². The van der Waals surface area contributed by atoms with Crippen molar-refractivity contribution in [2.24, 2.45) is 0 Å². The summed E-state index contributed by atoms with van der Waals surface area (Å²) in [7, 11) is 0. The molecule has 0 spiro atoms. The van der Waals surface area contributed by atoms with E-state index in [4.69, 9.17) is 4.42 Å². The fraction of sp³-hybridized carbons (Fsp3) is 0.625. The van der Waals surface area contributed by atoms with E-state index in [1.165, 1.54) is 16.7 Å². The van der Waals surface area contributed by atoms with Crippen LogP contribution >= 0.6 is 0 Å². The van der Waals surface area contributed by atoms with Crippen LogP contribution in [0.3, 0.4) is 0 Å². The fourth-order valence-corrected chi connectivity index (χ4v) is 2.38. The van der Waals surface area contributed by atoms with E-state index in [1.807, 2.05) is 6.92 Å². The van der Waals surface area contributed by atoms with Crippen LogP contribution in [0, 0.1) is 20.8 Å². The highest BCUT2D eigenvalue weighted by atomic mass is 16.3.